The maximum atomic E-state index is 13.8. The van der Waals surface area contributed by atoms with Gasteiger partial charge in [0.2, 0.25) is 0 Å². The number of carbonyl (C=O) groups excluding carboxylic acids is 1. The molecule has 0 N–H and O–H groups in total. The molecule has 0 radical (unpaired) electrons. The molecule has 1 fully saturated rings. The fourth-order valence-electron chi connectivity index (χ4n) is 3.29. The first kappa shape index (κ1) is 18.2. The van der Waals surface area contributed by atoms with Crippen LogP contribution in [0.15, 0.2) is 48.5 Å². The van der Waals surface area contributed by atoms with Crippen LogP contribution in [0.3, 0.4) is 0 Å². The molecule has 0 spiro atoms. The standard InChI is InChI=1S/C20H21FN6O/c1-15-7-8-16(13-18(15)21)20(28)26-11-9-25(10-12-26)14-19-22-23-24-27(19)17-5-3-2-4-6-17/h2-8,13H,9-12,14H2,1H3. The number of nitrogens with zero attached hydrogens (tertiary/aromatic N) is 6. The van der Waals surface area contributed by atoms with E-state index in [9.17, 15) is 9.18 Å². The van der Waals surface area contributed by atoms with E-state index in [4.69, 9.17) is 0 Å². The summed E-state index contributed by atoms with van der Waals surface area (Å²) in [6.07, 6.45) is 0. The van der Waals surface area contributed by atoms with Crippen LogP contribution >= 0.6 is 0 Å². The Labute approximate surface area is 162 Å². The molecular weight excluding hydrogens is 359 g/mol. The number of piperazine rings is 1. The van der Waals surface area contributed by atoms with Crippen LogP contribution in [0.5, 0.6) is 0 Å². The fraction of sp³-hybridized carbons (Fsp3) is 0.300. The molecule has 4 rings (SSSR count). The number of tetrazole rings is 1. The molecule has 0 saturated carbocycles. The van der Waals surface area contributed by atoms with E-state index in [0.29, 0.717) is 43.9 Å². The summed E-state index contributed by atoms with van der Waals surface area (Å²) in [5.74, 6) is 0.275. The summed E-state index contributed by atoms with van der Waals surface area (Å²) in [4.78, 5) is 16.6. The number of rotatable bonds is 4. The lowest BCUT2D eigenvalue weighted by Crippen LogP contribution is -2.48. The van der Waals surface area contributed by atoms with Gasteiger partial charge in [0.05, 0.1) is 12.2 Å². The van der Waals surface area contributed by atoms with Crippen molar-refractivity contribution in [1.82, 2.24) is 30.0 Å². The van der Waals surface area contributed by atoms with Crippen molar-refractivity contribution in [2.45, 2.75) is 13.5 Å². The van der Waals surface area contributed by atoms with Gasteiger partial charge in [0.15, 0.2) is 5.82 Å². The zero-order valence-electron chi connectivity index (χ0n) is 15.6. The summed E-state index contributed by atoms with van der Waals surface area (Å²) in [7, 11) is 0. The van der Waals surface area contributed by atoms with Crippen molar-refractivity contribution in [3.05, 3.63) is 71.3 Å². The van der Waals surface area contributed by atoms with E-state index in [0.717, 1.165) is 11.5 Å². The van der Waals surface area contributed by atoms with Crippen LogP contribution in [-0.2, 0) is 6.54 Å². The highest BCUT2D eigenvalue weighted by Crippen LogP contribution is 2.15. The quantitative estimate of drug-likeness (QED) is 0.693. The summed E-state index contributed by atoms with van der Waals surface area (Å²) >= 11 is 0. The average Bonchev–Trinajstić information content (AvgIpc) is 3.19. The van der Waals surface area contributed by atoms with Crippen molar-refractivity contribution in [3.8, 4) is 5.69 Å². The first-order chi connectivity index (χ1) is 13.6. The molecule has 0 atom stereocenters. The van der Waals surface area contributed by atoms with E-state index in [1.54, 1.807) is 28.6 Å². The molecule has 0 aliphatic carbocycles. The van der Waals surface area contributed by atoms with Crippen LogP contribution in [-0.4, -0.2) is 62.1 Å². The van der Waals surface area contributed by atoms with Crippen LogP contribution < -0.4 is 0 Å². The number of benzene rings is 2. The SMILES string of the molecule is Cc1ccc(C(=O)N2CCN(Cc3nnnn3-c3ccccc3)CC2)cc1F. The van der Waals surface area contributed by atoms with E-state index in [2.05, 4.69) is 20.4 Å². The molecule has 3 aromatic rings. The van der Waals surface area contributed by atoms with Crippen LogP contribution in [0.2, 0.25) is 0 Å². The smallest absolute Gasteiger partial charge is 0.254 e. The molecule has 1 amide bonds. The van der Waals surface area contributed by atoms with Crippen molar-refractivity contribution in [2.75, 3.05) is 26.2 Å². The predicted octanol–water partition coefficient (Wildman–Crippen LogP) is 2.07. The average molecular weight is 380 g/mol. The lowest BCUT2D eigenvalue weighted by molar-refractivity contribution is 0.0624. The summed E-state index contributed by atoms with van der Waals surface area (Å²) < 4.78 is 15.5. The Morgan fingerprint density at radius 2 is 1.82 bits per heavy atom. The highest BCUT2D eigenvalue weighted by molar-refractivity contribution is 5.94. The van der Waals surface area contributed by atoms with Crippen molar-refractivity contribution in [3.63, 3.8) is 0 Å². The third kappa shape index (κ3) is 3.77. The largest absolute Gasteiger partial charge is 0.336 e. The van der Waals surface area contributed by atoms with Crippen molar-refractivity contribution in [2.24, 2.45) is 0 Å². The molecule has 2 heterocycles. The molecule has 2 aromatic carbocycles. The maximum Gasteiger partial charge on any atom is 0.254 e. The molecule has 144 valence electrons. The number of para-hydroxylation sites is 1. The Morgan fingerprint density at radius 1 is 1.07 bits per heavy atom. The molecule has 0 unspecified atom stereocenters. The topological polar surface area (TPSA) is 67.2 Å². The first-order valence-corrected chi connectivity index (χ1v) is 9.22. The van der Waals surface area contributed by atoms with Crippen molar-refractivity contribution >= 4 is 5.91 Å². The minimum atomic E-state index is -0.350. The van der Waals surface area contributed by atoms with Gasteiger partial charge in [-0.05, 0) is 47.2 Å². The van der Waals surface area contributed by atoms with Gasteiger partial charge in [-0.3, -0.25) is 9.69 Å². The molecule has 1 aliphatic rings. The molecule has 28 heavy (non-hydrogen) atoms. The lowest BCUT2D eigenvalue weighted by Gasteiger charge is -2.34. The fourth-order valence-corrected chi connectivity index (χ4v) is 3.29. The predicted molar refractivity (Wildman–Crippen MR) is 101 cm³/mol. The third-order valence-electron chi connectivity index (χ3n) is 4.98. The van der Waals surface area contributed by atoms with Gasteiger partial charge in [0.1, 0.15) is 5.82 Å². The minimum Gasteiger partial charge on any atom is -0.336 e. The summed E-state index contributed by atoms with van der Waals surface area (Å²) in [6.45, 7) is 4.88. The van der Waals surface area contributed by atoms with Crippen molar-refractivity contribution < 1.29 is 9.18 Å². The molecule has 0 bridgehead atoms. The van der Waals surface area contributed by atoms with Gasteiger partial charge in [-0.15, -0.1) is 5.10 Å². The second-order valence-electron chi connectivity index (χ2n) is 6.87. The molecule has 1 saturated heterocycles. The molecule has 7 nitrogen and oxygen atoms in total. The number of amides is 1. The first-order valence-electron chi connectivity index (χ1n) is 9.22. The van der Waals surface area contributed by atoms with Crippen LogP contribution in [0, 0.1) is 12.7 Å². The van der Waals surface area contributed by atoms with Crippen molar-refractivity contribution in [1.29, 1.82) is 0 Å². The van der Waals surface area contributed by atoms with Gasteiger partial charge in [0.25, 0.3) is 5.91 Å². The Morgan fingerprint density at radius 3 is 2.54 bits per heavy atom. The molecule has 8 heteroatoms. The minimum absolute atomic E-state index is 0.132. The molecular formula is C20H21FN6O. The van der Waals surface area contributed by atoms with Crippen LogP contribution in [0.1, 0.15) is 21.7 Å². The number of hydrogen-bond donors (Lipinski definition) is 0. The van der Waals surface area contributed by atoms with Gasteiger partial charge < -0.3 is 4.90 Å². The van der Waals surface area contributed by atoms with Crippen LogP contribution in [0.25, 0.3) is 5.69 Å². The second kappa shape index (κ2) is 7.85. The van der Waals surface area contributed by atoms with E-state index in [1.165, 1.54) is 6.07 Å². The number of halogens is 1. The Hall–Kier alpha value is -3.13. The zero-order chi connectivity index (χ0) is 19.5. The van der Waals surface area contributed by atoms with Gasteiger partial charge >= 0.3 is 0 Å². The second-order valence-corrected chi connectivity index (χ2v) is 6.87. The third-order valence-corrected chi connectivity index (χ3v) is 4.98. The van der Waals surface area contributed by atoms with Crippen LogP contribution in [0.4, 0.5) is 4.39 Å². The van der Waals surface area contributed by atoms with E-state index in [1.807, 2.05) is 30.3 Å². The van der Waals surface area contributed by atoms with Gasteiger partial charge in [-0.25, -0.2) is 4.39 Å². The normalized spacial score (nSPS) is 15.0. The highest BCUT2D eigenvalue weighted by Gasteiger charge is 2.24. The number of carbonyl (C=O) groups is 1. The molecule has 1 aliphatic heterocycles. The number of aryl methyl sites for hydroxylation is 1. The monoisotopic (exact) mass is 380 g/mol. The zero-order valence-corrected chi connectivity index (χ0v) is 15.6. The summed E-state index contributed by atoms with van der Waals surface area (Å²) in [5.41, 5.74) is 1.85. The summed E-state index contributed by atoms with van der Waals surface area (Å²) in [5, 5.41) is 12.0. The Bertz CT molecular complexity index is 966. The van der Waals surface area contributed by atoms with Gasteiger partial charge in [-0.2, -0.15) is 4.68 Å². The number of aromatic nitrogens is 4. The lowest BCUT2D eigenvalue weighted by atomic mass is 10.1. The molecule has 1 aromatic heterocycles. The highest BCUT2D eigenvalue weighted by atomic mass is 19.1. The maximum absolute atomic E-state index is 13.8. The van der Waals surface area contributed by atoms with E-state index in [-0.39, 0.29) is 11.7 Å². The summed E-state index contributed by atoms with van der Waals surface area (Å²) in [6, 6.07) is 14.4. The van der Waals surface area contributed by atoms with E-state index >= 15 is 0 Å². The Kier molecular flexibility index (Phi) is 5.12. The van der Waals surface area contributed by atoms with Gasteiger partial charge in [0, 0.05) is 31.7 Å². The Balaban J connectivity index is 1.38. The van der Waals surface area contributed by atoms with Gasteiger partial charge in [-0.1, -0.05) is 24.3 Å². The van der Waals surface area contributed by atoms with E-state index < -0.39 is 0 Å². The number of hydrogen-bond acceptors (Lipinski definition) is 5.